The quantitative estimate of drug-likeness (QED) is 0.316. The fourth-order valence-corrected chi connectivity index (χ4v) is 10.3. The highest BCUT2D eigenvalue weighted by atomic mass is 79.9. The largest absolute Gasteiger partial charge is 0.468 e. The van der Waals surface area contributed by atoms with Gasteiger partial charge in [-0.05, 0) is 58.2 Å². The molecule has 30 heavy (non-hydrogen) atoms. The molecule has 0 radical (unpaired) electrons. The number of carbonyl (C=O) groups excluding carboxylic acids is 1. The van der Waals surface area contributed by atoms with Gasteiger partial charge in [-0.3, -0.25) is 9.36 Å². The molecule has 0 aromatic heterocycles. The lowest BCUT2D eigenvalue weighted by atomic mass is 9.89. The predicted octanol–water partition coefficient (Wildman–Crippen LogP) is 5.20. The van der Waals surface area contributed by atoms with Gasteiger partial charge in [0, 0.05) is 28.6 Å². The van der Waals surface area contributed by atoms with Crippen molar-refractivity contribution >= 4 is 29.5 Å². The van der Waals surface area contributed by atoms with E-state index in [0.717, 1.165) is 22.9 Å². The molecule has 1 saturated carbocycles. The summed E-state index contributed by atoms with van der Waals surface area (Å²) in [6.07, 6.45) is 4.48. The SMILES string of the molecule is COC(=O)[C@@H]1[C@H](c2ccc(Br)cc2)N1P1(=O)N(C(C)C)[C@@H]2CCCC[C@H]2N1C(C)C. The van der Waals surface area contributed by atoms with Crippen molar-refractivity contribution < 1.29 is 14.1 Å². The lowest BCUT2D eigenvalue weighted by Crippen LogP contribution is -2.43. The first-order valence-electron chi connectivity index (χ1n) is 11.0. The highest BCUT2D eigenvalue weighted by Gasteiger charge is 2.70. The molecule has 3 aliphatic rings. The van der Waals surface area contributed by atoms with Gasteiger partial charge in [0.1, 0.15) is 6.04 Å². The Labute approximate surface area is 188 Å². The van der Waals surface area contributed by atoms with Crippen molar-refractivity contribution in [2.45, 2.75) is 89.6 Å². The van der Waals surface area contributed by atoms with E-state index in [9.17, 15) is 4.79 Å². The normalized spacial score (nSPS) is 33.7. The Morgan fingerprint density at radius 3 is 1.97 bits per heavy atom. The summed E-state index contributed by atoms with van der Waals surface area (Å²) in [5.74, 6) is -0.305. The van der Waals surface area contributed by atoms with Crippen LogP contribution in [0.1, 0.15) is 65.0 Å². The van der Waals surface area contributed by atoms with Gasteiger partial charge in [0.15, 0.2) is 0 Å². The Bertz CT molecular complexity index is 819. The molecule has 1 unspecified atom stereocenters. The van der Waals surface area contributed by atoms with Crippen LogP contribution >= 0.6 is 23.5 Å². The Balaban J connectivity index is 1.81. The van der Waals surface area contributed by atoms with Gasteiger partial charge in [-0.1, -0.05) is 40.9 Å². The van der Waals surface area contributed by atoms with E-state index >= 15 is 4.57 Å². The number of carbonyl (C=O) groups is 1. The summed E-state index contributed by atoms with van der Waals surface area (Å²) in [6, 6.07) is 8.07. The van der Waals surface area contributed by atoms with Crippen molar-refractivity contribution in [3.8, 4) is 0 Å². The highest BCUT2D eigenvalue weighted by molar-refractivity contribution is 9.10. The topological polar surface area (TPSA) is 52.9 Å². The fourth-order valence-electron chi connectivity index (χ4n) is 5.72. The van der Waals surface area contributed by atoms with E-state index < -0.39 is 13.6 Å². The van der Waals surface area contributed by atoms with Crippen LogP contribution in [0.5, 0.6) is 0 Å². The van der Waals surface area contributed by atoms with Gasteiger partial charge in [0.25, 0.3) is 7.59 Å². The van der Waals surface area contributed by atoms with Gasteiger partial charge < -0.3 is 4.74 Å². The van der Waals surface area contributed by atoms with E-state index in [1.54, 1.807) is 0 Å². The van der Waals surface area contributed by atoms with Gasteiger partial charge in [-0.15, -0.1) is 0 Å². The second kappa shape index (κ2) is 8.32. The summed E-state index contributed by atoms with van der Waals surface area (Å²) >= 11 is 3.49. The highest BCUT2D eigenvalue weighted by Crippen LogP contribution is 2.75. The standard InChI is InChI=1S/C22H33BrN3O3P/c1-14(2)24-18-8-6-7-9-19(18)25(15(3)4)30(24,28)26-20(21(26)22(27)29-5)16-10-12-17(23)13-11-16/h10-15,18-21H,6-9H2,1-5H3/t18-,19-,20+,21+,26?/m1/s1. The van der Waals surface area contributed by atoms with E-state index in [2.05, 4.69) is 53.0 Å². The van der Waals surface area contributed by atoms with Gasteiger partial charge in [-0.2, -0.15) is 0 Å². The average molecular weight is 498 g/mol. The number of esters is 1. The number of hydrogen-bond acceptors (Lipinski definition) is 3. The second-order valence-electron chi connectivity index (χ2n) is 9.22. The van der Waals surface area contributed by atoms with Crippen LogP contribution in [0.3, 0.4) is 0 Å². The predicted molar refractivity (Wildman–Crippen MR) is 122 cm³/mol. The molecular weight excluding hydrogens is 465 g/mol. The van der Waals surface area contributed by atoms with E-state index in [-0.39, 0.29) is 36.2 Å². The third-order valence-electron chi connectivity index (χ3n) is 6.77. The number of fused-ring (bicyclic) bond motifs is 1. The monoisotopic (exact) mass is 497 g/mol. The van der Waals surface area contributed by atoms with Crippen LogP contribution in [0.25, 0.3) is 0 Å². The maximum atomic E-state index is 15.1. The van der Waals surface area contributed by atoms with Crippen LogP contribution in [0, 0.1) is 0 Å². The van der Waals surface area contributed by atoms with Crippen LogP contribution in [-0.2, 0) is 14.1 Å². The fraction of sp³-hybridized carbons (Fsp3) is 0.682. The molecule has 1 aromatic rings. The zero-order chi connectivity index (χ0) is 21.8. The lowest BCUT2D eigenvalue weighted by molar-refractivity contribution is -0.140. The van der Waals surface area contributed by atoms with Crippen molar-refractivity contribution in [2.24, 2.45) is 0 Å². The van der Waals surface area contributed by atoms with Gasteiger partial charge >= 0.3 is 5.97 Å². The van der Waals surface area contributed by atoms with Crippen LogP contribution in [0.4, 0.5) is 0 Å². The summed E-state index contributed by atoms with van der Waals surface area (Å²) in [5, 5.41) is 0. The average Bonchev–Trinajstić information content (AvgIpc) is 3.39. The number of ether oxygens (including phenoxy) is 1. The molecule has 0 spiro atoms. The minimum Gasteiger partial charge on any atom is -0.468 e. The molecule has 1 aliphatic carbocycles. The molecule has 2 heterocycles. The number of hydrogen-bond donors (Lipinski definition) is 0. The van der Waals surface area contributed by atoms with E-state index in [1.165, 1.54) is 20.0 Å². The number of methoxy groups -OCH3 is 1. The van der Waals surface area contributed by atoms with Crippen molar-refractivity contribution in [3.63, 3.8) is 0 Å². The van der Waals surface area contributed by atoms with Gasteiger partial charge in [0.05, 0.1) is 13.2 Å². The maximum Gasteiger partial charge on any atom is 0.325 e. The first kappa shape index (κ1) is 22.5. The first-order chi connectivity index (χ1) is 14.2. The molecular formula is C22H33BrN3O3P. The van der Waals surface area contributed by atoms with Crippen molar-refractivity contribution in [1.29, 1.82) is 0 Å². The molecule has 8 heteroatoms. The number of benzene rings is 1. The molecule has 1 aromatic carbocycles. The molecule has 4 rings (SSSR count). The van der Waals surface area contributed by atoms with Gasteiger partial charge in [-0.25, -0.2) is 14.0 Å². The zero-order valence-electron chi connectivity index (χ0n) is 18.5. The Hall–Kier alpha value is -0.720. The molecule has 6 nitrogen and oxygen atoms in total. The number of rotatable bonds is 5. The van der Waals surface area contributed by atoms with Gasteiger partial charge in [0.2, 0.25) is 0 Å². The van der Waals surface area contributed by atoms with Crippen LogP contribution in [0.2, 0.25) is 0 Å². The van der Waals surface area contributed by atoms with Crippen molar-refractivity contribution in [2.75, 3.05) is 7.11 Å². The lowest BCUT2D eigenvalue weighted by Gasteiger charge is -2.37. The Morgan fingerprint density at radius 2 is 1.53 bits per heavy atom. The van der Waals surface area contributed by atoms with Crippen LogP contribution in [0.15, 0.2) is 28.7 Å². The molecule has 2 aliphatic heterocycles. The third-order valence-corrected chi connectivity index (χ3v) is 11.1. The van der Waals surface area contributed by atoms with Crippen molar-refractivity contribution in [1.82, 2.24) is 14.0 Å². The molecule has 2 saturated heterocycles. The first-order valence-corrected chi connectivity index (χ1v) is 13.4. The number of halogens is 1. The van der Waals surface area contributed by atoms with E-state index in [4.69, 9.17) is 4.74 Å². The smallest absolute Gasteiger partial charge is 0.325 e. The summed E-state index contributed by atoms with van der Waals surface area (Å²) in [6.45, 7) is 8.53. The van der Waals surface area contributed by atoms with Crippen molar-refractivity contribution in [3.05, 3.63) is 34.3 Å². The molecule has 0 N–H and O–H groups in total. The zero-order valence-corrected chi connectivity index (χ0v) is 21.0. The summed E-state index contributed by atoms with van der Waals surface area (Å²) in [4.78, 5) is 12.8. The molecule has 0 bridgehead atoms. The minimum absolute atomic E-state index is 0.134. The Morgan fingerprint density at radius 1 is 1.03 bits per heavy atom. The van der Waals surface area contributed by atoms with E-state index in [0.29, 0.717) is 0 Å². The molecule has 0 amide bonds. The minimum atomic E-state index is -3.14. The van der Waals surface area contributed by atoms with Crippen LogP contribution < -0.4 is 0 Å². The second-order valence-corrected chi connectivity index (χ2v) is 12.6. The molecule has 166 valence electrons. The van der Waals surface area contributed by atoms with Crippen LogP contribution in [-0.4, -0.2) is 57.3 Å². The summed E-state index contributed by atoms with van der Waals surface area (Å²) in [7, 11) is -1.72. The molecule has 5 atom stereocenters. The number of nitrogens with zero attached hydrogens (tertiary/aromatic N) is 3. The third kappa shape index (κ3) is 3.41. The molecule has 3 fully saturated rings. The van der Waals surface area contributed by atoms with E-state index in [1.807, 2.05) is 28.9 Å². The summed E-state index contributed by atoms with van der Waals surface area (Å²) in [5.41, 5.74) is 1.01. The maximum absolute atomic E-state index is 15.1. The Kier molecular flexibility index (Phi) is 6.24. The summed E-state index contributed by atoms with van der Waals surface area (Å²) < 4.78 is 27.7.